The van der Waals surface area contributed by atoms with Crippen molar-refractivity contribution < 1.29 is 14.3 Å². The number of nitrogens with zero attached hydrogens (tertiary/aromatic N) is 4. The Balaban J connectivity index is 1.80. The second-order valence-electron chi connectivity index (χ2n) is 6.46. The number of halogens is 1. The minimum Gasteiger partial charge on any atom is -0.489 e. The summed E-state index contributed by atoms with van der Waals surface area (Å²) in [5.41, 5.74) is 2.64. The van der Waals surface area contributed by atoms with Crippen molar-refractivity contribution in [2.45, 2.75) is 19.6 Å². The fourth-order valence-electron chi connectivity index (χ4n) is 3.27. The highest BCUT2D eigenvalue weighted by Gasteiger charge is 2.36. The molecule has 9 heteroatoms. The van der Waals surface area contributed by atoms with E-state index in [0.717, 1.165) is 5.56 Å². The molecule has 3 aromatic rings. The lowest BCUT2D eigenvalue weighted by atomic mass is 9.95. The second kappa shape index (κ2) is 7.92. The van der Waals surface area contributed by atoms with Gasteiger partial charge in [0.2, 0.25) is 5.95 Å². The zero-order chi connectivity index (χ0) is 20.4. The highest BCUT2D eigenvalue weighted by Crippen LogP contribution is 2.40. The lowest BCUT2D eigenvalue weighted by Gasteiger charge is -2.28. The van der Waals surface area contributed by atoms with Crippen LogP contribution in [0.3, 0.4) is 0 Å². The molecule has 0 unspecified atom stereocenters. The van der Waals surface area contributed by atoms with Gasteiger partial charge in [-0.25, -0.2) is 4.79 Å². The van der Waals surface area contributed by atoms with Crippen molar-refractivity contribution in [3.8, 4) is 5.75 Å². The molecule has 0 spiro atoms. The Morgan fingerprint density at radius 2 is 2.03 bits per heavy atom. The Labute approximate surface area is 172 Å². The molecule has 148 valence electrons. The van der Waals surface area contributed by atoms with Gasteiger partial charge in [-0.1, -0.05) is 47.0 Å². The molecule has 1 aromatic heterocycles. The van der Waals surface area contributed by atoms with Crippen LogP contribution >= 0.6 is 11.6 Å². The number of carbonyl (C=O) groups is 1. The number of esters is 1. The first-order valence-corrected chi connectivity index (χ1v) is 9.26. The number of benzene rings is 2. The number of carbonyl (C=O) groups excluding carboxylic acids is 1. The number of anilines is 1. The SMILES string of the molecule is COC(=O)C1=C(C)Nc2nnnn2[C@@H]1c1cc(Cl)ccc1OCc1ccccc1. The molecule has 1 aliphatic heterocycles. The molecule has 29 heavy (non-hydrogen) atoms. The summed E-state index contributed by atoms with van der Waals surface area (Å²) in [6.07, 6.45) is 0. The van der Waals surface area contributed by atoms with Crippen molar-refractivity contribution in [2.75, 3.05) is 12.4 Å². The van der Waals surface area contributed by atoms with Crippen LogP contribution in [0, 0.1) is 0 Å². The highest BCUT2D eigenvalue weighted by atomic mass is 35.5. The normalized spacial score (nSPS) is 15.5. The van der Waals surface area contributed by atoms with E-state index in [2.05, 4.69) is 20.8 Å². The standard InChI is InChI=1S/C20H18ClN5O3/c1-12-17(19(27)28-2)18(26-20(22-12)23-24-25-26)15-10-14(21)8-9-16(15)29-11-13-6-4-3-5-7-13/h3-10,18H,11H2,1-2H3,(H,22,23,25)/t18-/m1/s1. The number of ether oxygens (including phenoxy) is 2. The van der Waals surface area contributed by atoms with Gasteiger partial charge in [-0.05, 0) is 41.1 Å². The van der Waals surface area contributed by atoms with Gasteiger partial charge in [0, 0.05) is 16.3 Å². The van der Waals surface area contributed by atoms with Crippen molar-refractivity contribution in [3.63, 3.8) is 0 Å². The van der Waals surface area contributed by atoms with Crippen molar-refractivity contribution in [3.05, 3.63) is 76.0 Å². The molecule has 0 saturated carbocycles. The van der Waals surface area contributed by atoms with Crippen LogP contribution < -0.4 is 10.1 Å². The average Bonchev–Trinajstić information content (AvgIpc) is 3.20. The zero-order valence-electron chi connectivity index (χ0n) is 15.8. The van der Waals surface area contributed by atoms with Crippen LogP contribution in [0.1, 0.15) is 24.1 Å². The predicted octanol–water partition coefficient (Wildman–Crippen LogP) is 3.37. The quantitative estimate of drug-likeness (QED) is 0.643. The van der Waals surface area contributed by atoms with E-state index in [1.54, 1.807) is 25.1 Å². The molecule has 2 heterocycles. The van der Waals surface area contributed by atoms with Crippen LogP contribution in [0.25, 0.3) is 0 Å². The van der Waals surface area contributed by atoms with Gasteiger partial charge in [0.15, 0.2) is 0 Å². The summed E-state index contributed by atoms with van der Waals surface area (Å²) in [5, 5.41) is 15.3. The summed E-state index contributed by atoms with van der Waals surface area (Å²) in [7, 11) is 1.33. The number of aromatic nitrogens is 4. The number of tetrazole rings is 1. The van der Waals surface area contributed by atoms with Gasteiger partial charge in [-0.15, -0.1) is 0 Å². The number of hydrogen-bond acceptors (Lipinski definition) is 7. The summed E-state index contributed by atoms with van der Waals surface area (Å²) in [4.78, 5) is 12.6. The minimum atomic E-state index is -0.654. The van der Waals surface area contributed by atoms with Crippen LogP contribution in [0.15, 0.2) is 59.8 Å². The van der Waals surface area contributed by atoms with Gasteiger partial charge in [0.05, 0.1) is 12.7 Å². The molecule has 8 nitrogen and oxygen atoms in total. The summed E-state index contributed by atoms with van der Waals surface area (Å²) < 4.78 is 12.6. The molecule has 1 aliphatic rings. The van der Waals surface area contributed by atoms with Gasteiger partial charge in [0.1, 0.15) is 18.4 Å². The van der Waals surface area contributed by atoms with Crippen LogP contribution in [0.5, 0.6) is 5.75 Å². The van der Waals surface area contributed by atoms with E-state index in [1.807, 2.05) is 30.3 Å². The highest BCUT2D eigenvalue weighted by molar-refractivity contribution is 6.30. The molecule has 0 saturated heterocycles. The van der Waals surface area contributed by atoms with Crippen LogP contribution in [0.4, 0.5) is 5.95 Å². The molecule has 1 atom stereocenters. The number of fused-ring (bicyclic) bond motifs is 1. The maximum atomic E-state index is 12.6. The van der Waals surface area contributed by atoms with E-state index in [-0.39, 0.29) is 0 Å². The molecular formula is C20H18ClN5O3. The summed E-state index contributed by atoms with van der Waals surface area (Å²) in [5.74, 6) is 0.491. The monoisotopic (exact) mass is 411 g/mol. The molecule has 0 aliphatic carbocycles. The molecule has 1 N–H and O–H groups in total. The molecule has 0 radical (unpaired) electrons. The van der Waals surface area contributed by atoms with E-state index >= 15 is 0 Å². The topological polar surface area (TPSA) is 91.2 Å². The van der Waals surface area contributed by atoms with Gasteiger partial charge in [-0.2, -0.15) is 4.68 Å². The van der Waals surface area contributed by atoms with Crippen molar-refractivity contribution >= 4 is 23.5 Å². The van der Waals surface area contributed by atoms with Crippen LogP contribution in [-0.2, 0) is 16.1 Å². The molecule has 0 fully saturated rings. The van der Waals surface area contributed by atoms with Gasteiger partial charge < -0.3 is 14.8 Å². The van der Waals surface area contributed by atoms with Crippen LogP contribution in [-0.4, -0.2) is 33.3 Å². The molecule has 4 rings (SSSR count). The largest absolute Gasteiger partial charge is 0.489 e. The number of allylic oxidation sites excluding steroid dienone is 1. The number of nitrogens with one attached hydrogen (secondary N) is 1. The second-order valence-corrected chi connectivity index (χ2v) is 6.90. The molecule has 0 bridgehead atoms. The van der Waals surface area contributed by atoms with Crippen molar-refractivity contribution in [1.29, 1.82) is 0 Å². The predicted molar refractivity (Wildman–Crippen MR) is 107 cm³/mol. The Kier molecular flexibility index (Phi) is 5.18. The average molecular weight is 412 g/mol. The maximum Gasteiger partial charge on any atom is 0.338 e. The van der Waals surface area contributed by atoms with Crippen LogP contribution in [0.2, 0.25) is 5.02 Å². The first-order chi connectivity index (χ1) is 14.1. The van der Waals surface area contributed by atoms with E-state index in [0.29, 0.717) is 40.2 Å². The number of rotatable bonds is 5. The third-order valence-electron chi connectivity index (χ3n) is 4.62. The van der Waals surface area contributed by atoms with Gasteiger partial charge in [0.25, 0.3) is 0 Å². The molecule has 0 amide bonds. The first-order valence-electron chi connectivity index (χ1n) is 8.88. The fraction of sp³-hybridized carbons (Fsp3) is 0.200. The van der Waals surface area contributed by atoms with E-state index in [4.69, 9.17) is 21.1 Å². The van der Waals surface area contributed by atoms with Crippen molar-refractivity contribution in [1.82, 2.24) is 20.2 Å². The Morgan fingerprint density at radius 1 is 1.24 bits per heavy atom. The summed E-state index contributed by atoms with van der Waals surface area (Å²) in [6, 6.07) is 14.4. The summed E-state index contributed by atoms with van der Waals surface area (Å²) in [6.45, 7) is 2.13. The molecule has 2 aromatic carbocycles. The Bertz CT molecular complexity index is 1080. The van der Waals surface area contributed by atoms with E-state index < -0.39 is 12.0 Å². The van der Waals surface area contributed by atoms with E-state index in [1.165, 1.54) is 11.8 Å². The number of methoxy groups -OCH3 is 1. The molecular weight excluding hydrogens is 394 g/mol. The first kappa shape index (κ1) is 18.9. The third-order valence-corrected chi connectivity index (χ3v) is 4.86. The zero-order valence-corrected chi connectivity index (χ0v) is 16.6. The maximum absolute atomic E-state index is 12.6. The fourth-order valence-corrected chi connectivity index (χ4v) is 3.45. The lowest BCUT2D eigenvalue weighted by Crippen LogP contribution is -2.29. The Hall–Kier alpha value is -3.39. The third kappa shape index (κ3) is 3.66. The Morgan fingerprint density at radius 3 is 2.79 bits per heavy atom. The van der Waals surface area contributed by atoms with Gasteiger partial charge in [-0.3, -0.25) is 0 Å². The smallest absolute Gasteiger partial charge is 0.338 e. The lowest BCUT2D eigenvalue weighted by molar-refractivity contribution is -0.136. The van der Waals surface area contributed by atoms with Gasteiger partial charge >= 0.3 is 5.97 Å². The number of hydrogen-bond donors (Lipinski definition) is 1. The van der Waals surface area contributed by atoms with E-state index in [9.17, 15) is 4.79 Å². The summed E-state index contributed by atoms with van der Waals surface area (Å²) >= 11 is 6.29. The van der Waals surface area contributed by atoms with Crippen molar-refractivity contribution in [2.24, 2.45) is 0 Å². The minimum absolute atomic E-state index is 0.360.